The van der Waals surface area contributed by atoms with Gasteiger partial charge in [0.25, 0.3) is 0 Å². The van der Waals surface area contributed by atoms with Gasteiger partial charge in [0.15, 0.2) is 0 Å². The molecule has 0 heterocycles. The molecule has 0 fully saturated rings. The summed E-state index contributed by atoms with van der Waals surface area (Å²) in [5.74, 6) is -4.33. The number of rotatable bonds is 4. The molecule has 0 atom stereocenters. The smallest absolute Gasteiger partial charge is 0.206 e. The second-order valence-electron chi connectivity index (χ2n) is 7.59. The molecule has 4 aromatic rings. The van der Waals surface area contributed by atoms with Gasteiger partial charge in [-0.05, 0) is 69.8 Å². The highest BCUT2D eigenvalue weighted by Gasteiger charge is 2.38. The quantitative estimate of drug-likeness (QED) is 0.224. The lowest BCUT2D eigenvalue weighted by Crippen LogP contribution is -2.11. The Balaban J connectivity index is 1.84. The van der Waals surface area contributed by atoms with Crippen LogP contribution in [0.15, 0.2) is 54.6 Å². The summed E-state index contributed by atoms with van der Waals surface area (Å²) in [5.41, 5.74) is -1.26. The standard InChI is InChI=1S/C25H18F6/c1-2-3-4-14-5-8-18-15(9-14)6-7-16-10-20(21(26)13-19(16)18)17-11-22(27)24(23(28)12-17)25(29,30)31/h5-13H,2-4H2,1H3. The summed E-state index contributed by atoms with van der Waals surface area (Å²) in [6.45, 7) is 2.11. The van der Waals surface area contributed by atoms with Gasteiger partial charge < -0.3 is 0 Å². The lowest BCUT2D eigenvalue weighted by molar-refractivity contribution is -0.142. The molecule has 0 aliphatic heterocycles. The van der Waals surface area contributed by atoms with Crippen molar-refractivity contribution in [2.45, 2.75) is 32.4 Å². The van der Waals surface area contributed by atoms with E-state index in [1.165, 1.54) is 17.7 Å². The summed E-state index contributed by atoms with van der Waals surface area (Å²) >= 11 is 0. The Hall–Kier alpha value is -3.02. The lowest BCUT2D eigenvalue weighted by Gasteiger charge is -2.13. The van der Waals surface area contributed by atoms with Crippen molar-refractivity contribution in [2.75, 3.05) is 0 Å². The van der Waals surface area contributed by atoms with Crippen molar-refractivity contribution < 1.29 is 26.3 Å². The molecule has 0 bridgehead atoms. The zero-order valence-electron chi connectivity index (χ0n) is 16.6. The van der Waals surface area contributed by atoms with Crippen LogP contribution in [0.1, 0.15) is 30.9 Å². The lowest BCUT2D eigenvalue weighted by atomic mass is 9.95. The molecule has 4 aromatic carbocycles. The van der Waals surface area contributed by atoms with Crippen LogP contribution in [0.3, 0.4) is 0 Å². The zero-order valence-corrected chi connectivity index (χ0v) is 16.6. The first-order chi connectivity index (χ1) is 14.7. The van der Waals surface area contributed by atoms with Gasteiger partial charge in [-0.15, -0.1) is 0 Å². The van der Waals surface area contributed by atoms with E-state index in [1.54, 1.807) is 6.07 Å². The fraction of sp³-hybridized carbons (Fsp3) is 0.200. The predicted molar refractivity (Wildman–Crippen MR) is 110 cm³/mol. The van der Waals surface area contributed by atoms with E-state index in [1.807, 2.05) is 18.2 Å². The van der Waals surface area contributed by atoms with Gasteiger partial charge in [0, 0.05) is 5.56 Å². The molecule has 0 aromatic heterocycles. The Labute approximate surface area is 175 Å². The average molecular weight is 432 g/mol. The maximum Gasteiger partial charge on any atom is 0.422 e. The van der Waals surface area contributed by atoms with Crippen molar-refractivity contribution in [3.63, 3.8) is 0 Å². The van der Waals surface area contributed by atoms with Crippen molar-refractivity contribution in [3.05, 3.63) is 83.2 Å². The topological polar surface area (TPSA) is 0 Å². The fourth-order valence-corrected chi connectivity index (χ4v) is 3.89. The van der Waals surface area contributed by atoms with E-state index in [0.717, 1.165) is 30.0 Å². The minimum Gasteiger partial charge on any atom is -0.206 e. The van der Waals surface area contributed by atoms with E-state index in [2.05, 4.69) is 13.0 Å². The first-order valence-electron chi connectivity index (χ1n) is 9.90. The molecule has 4 rings (SSSR count). The van der Waals surface area contributed by atoms with Crippen LogP contribution in [0, 0.1) is 17.5 Å². The summed E-state index contributed by atoms with van der Waals surface area (Å²) in [7, 11) is 0. The van der Waals surface area contributed by atoms with Crippen molar-refractivity contribution in [2.24, 2.45) is 0 Å². The van der Waals surface area contributed by atoms with E-state index in [4.69, 9.17) is 0 Å². The van der Waals surface area contributed by atoms with Crippen molar-refractivity contribution in [1.29, 1.82) is 0 Å². The Bertz CT molecular complexity index is 1260. The molecule has 0 N–H and O–H groups in total. The SMILES string of the molecule is CCCCc1ccc2c(ccc3cc(-c4cc(F)c(C(F)(F)F)c(F)c4)c(F)cc32)c1. The van der Waals surface area contributed by atoms with Gasteiger partial charge in [-0.2, -0.15) is 13.2 Å². The predicted octanol–water partition coefficient (Wildman–Crippen LogP) is 8.44. The summed E-state index contributed by atoms with van der Waals surface area (Å²) in [6.07, 6.45) is -2.08. The number of fused-ring (bicyclic) bond motifs is 3. The number of hydrogen-bond donors (Lipinski definition) is 0. The van der Waals surface area contributed by atoms with Crippen LogP contribution >= 0.6 is 0 Å². The van der Waals surface area contributed by atoms with Gasteiger partial charge in [-0.3, -0.25) is 0 Å². The van der Waals surface area contributed by atoms with Crippen LogP contribution < -0.4 is 0 Å². The molecule has 0 saturated carbocycles. The van der Waals surface area contributed by atoms with Gasteiger partial charge in [0.2, 0.25) is 0 Å². The second-order valence-corrected chi connectivity index (χ2v) is 7.59. The zero-order chi connectivity index (χ0) is 22.3. The largest absolute Gasteiger partial charge is 0.422 e. The third kappa shape index (κ3) is 3.99. The van der Waals surface area contributed by atoms with Crippen LogP contribution in [-0.2, 0) is 12.6 Å². The number of benzene rings is 4. The molecule has 0 unspecified atom stereocenters. The molecule has 0 amide bonds. The Morgan fingerprint density at radius 2 is 1.35 bits per heavy atom. The molecule has 0 spiro atoms. The van der Waals surface area contributed by atoms with Gasteiger partial charge in [-0.1, -0.05) is 43.7 Å². The number of halogens is 6. The fourth-order valence-electron chi connectivity index (χ4n) is 3.89. The van der Waals surface area contributed by atoms with Gasteiger partial charge in [-0.25, -0.2) is 13.2 Å². The second kappa shape index (κ2) is 7.91. The van der Waals surface area contributed by atoms with Crippen molar-refractivity contribution in [3.8, 4) is 11.1 Å². The van der Waals surface area contributed by atoms with Gasteiger partial charge in [0.1, 0.15) is 23.0 Å². The van der Waals surface area contributed by atoms with E-state index in [-0.39, 0.29) is 11.1 Å². The number of hydrogen-bond acceptors (Lipinski definition) is 0. The molecule has 0 saturated heterocycles. The third-order valence-electron chi connectivity index (χ3n) is 5.44. The Kier molecular flexibility index (Phi) is 5.42. The summed E-state index contributed by atoms with van der Waals surface area (Å²) < 4.78 is 81.4. The van der Waals surface area contributed by atoms with Crippen molar-refractivity contribution >= 4 is 21.5 Å². The monoisotopic (exact) mass is 432 g/mol. The molecule has 0 aliphatic rings. The van der Waals surface area contributed by atoms with E-state index in [9.17, 15) is 26.3 Å². The van der Waals surface area contributed by atoms with Crippen LogP contribution in [0.25, 0.3) is 32.7 Å². The highest BCUT2D eigenvalue weighted by Crippen LogP contribution is 2.38. The Morgan fingerprint density at radius 1 is 0.710 bits per heavy atom. The van der Waals surface area contributed by atoms with Crippen LogP contribution in [0.2, 0.25) is 0 Å². The maximum absolute atomic E-state index is 14.9. The molecule has 0 aliphatic carbocycles. The normalized spacial score (nSPS) is 12.1. The van der Waals surface area contributed by atoms with Crippen LogP contribution in [0.5, 0.6) is 0 Å². The third-order valence-corrected chi connectivity index (χ3v) is 5.44. The molecule has 160 valence electrons. The molecule has 6 heteroatoms. The molecular weight excluding hydrogens is 414 g/mol. The summed E-state index contributed by atoms with van der Waals surface area (Å²) in [4.78, 5) is 0. The number of unbranched alkanes of at least 4 members (excludes halogenated alkanes) is 1. The van der Waals surface area contributed by atoms with E-state index in [0.29, 0.717) is 22.9 Å². The highest BCUT2D eigenvalue weighted by molar-refractivity contribution is 6.08. The van der Waals surface area contributed by atoms with Crippen LogP contribution in [0.4, 0.5) is 26.3 Å². The van der Waals surface area contributed by atoms with E-state index >= 15 is 0 Å². The average Bonchev–Trinajstić information content (AvgIpc) is 2.69. The summed E-state index contributed by atoms with van der Waals surface area (Å²) in [6, 6.07) is 13.3. The molecular formula is C25H18F6. The van der Waals surface area contributed by atoms with Crippen molar-refractivity contribution in [1.82, 2.24) is 0 Å². The first-order valence-corrected chi connectivity index (χ1v) is 9.90. The molecule has 31 heavy (non-hydrogen) atoms. The minimum absolute atomic E-state index is 0.169. The highest BCUT2D eigenvalue weighted by atomic mass is 19.4. The minimum atomic E-state index is -5.18. The number of aryl methyl sites for hydroxylation is 1. The first kappa shape index (κ1) is 21.2. The van der Waals surface area contributed by atoms with E-state index < -0.39 is 29.2 Å². The summed E-state index contributed by atoms with van der Waals surface area (Å²) in [5, 5.41) is 3.01. The Morgan fingerprint density at radius 3 is 1.97 bits per heavy atom. The molecule has 0 radical (unpaired) electrons. The van der Waals surface area contributed by atoms with Gasteiger partial charge in [0.05, 0.1) is 0 Å². The molecule has 0 nitrogen and oxygen atoms in total. The van der Waals surface area contributed by atoms with Gasteiger partial charge >= 0.3 is 6.18 Å². The number of alkyl halides is 3. The van der Waals surface area contributed by atoms with Crippen LogP contribution in [-0.4, -0.2) is 0 Å². The maximum atomic E-state index is 14.9.